The molecule has 2 atom stereocenters. The Hall–Kier alpha value is -0.280. The maximum Gasteiger partial charge on any atom is 0.0108 e. The van der Waals surface area contributed by atoms with Crippen LogP contribution in [0.2, 0.25) is 0 Å². The zero-order valence-corrected chi connectivity index (χ0v) is 16.1. The number of nitrogens with zero attached hydrogens (tertiary/aromatic N) is 1. The van der Waals surface area contributed by atoms with Gasteiger partial charge in [0, 0.05) is 45.3 Å². The predicted octanol–water partition coefficient (Wildman–Crippen LogP) is -0.901. The van der Waals surface area contributed by atoms with Crippen molar-refractivity contribution in [2.45, 2.75) is 39.7 Å². The Morgan fingerprint density at radius 1 is 0.870 bits per heavy atom. The Bertz CT molecular complexity index is 183. The van der Waals surface area contributed by atoms with Gasteiger partial charge in [0.1, 0.15) is 0 Å². The monoisotopic (exact) mass is 335 g/mol. The minimum atomic E-state index is 0.366. The van der Waals surface area contributed by atoms with E-state index in [4.69, 9.17) is 28.7 Å². The Balaban J connectivity index is -0.000000286. The fourth-order valence-electron chi connectivity index (χ4n) is 1.46. The van der Waals surface area contributed by atoms with Crippen molar-refractivity contribution in [1.29, 1.82) is 0 Å². The first-order chi connectivity index (χ1) is 10.9. The molecular formula is C16H45N7. The molecule has 0 fully saturated rings. The molecule has 0 aromatic carbocycles. The lowest BCUT2D eigenvalue weighted by atomic mass is 10.0. The molecule has 0 bridgehead atoms. The van der Waals surface area contributed by atoms with Gasteiger partial charge in [0.2, 0.25) is 0 Å². The summed E-state index contributed by atoms with van der Waals surface area (Å²) in [5.74, 6) is 0.681. The van der Waals surface area contributed by atoms with Gasteiger partial charge in [-0.15, -0.1) is 0 Å². The molecule has 0 amide bonds. The summed E-state index contributed by atoms with van der Waals surface area (Å²) in [5, 5.41) is 3.09. The summed E-state index contributed by atoms with van der Waals surface area (Å²) in [6.45, 7) is 13.2. The molecule has 7 heteroatoms. The highest BCUT2D eigenvalue weighted by Gasteiger charge is 2.01. The van der Waals surface area contributed by atoms with E-state index in [0.29, 0.717) is 25.0 Å². The molecule has 0 aromatic heterocycles. The number of hydrogen-bond acceptors (Lipinski definition) is 7. The van der Waals surface area contributed by atoms with Gasteiger partial charge < -0.3 is 34.0 Å². The van der Waals surface area contributed by atoms with E-state index in [1.165, 1.54) is 6.42 Å². The normalized spacial score (nSPS) is 12.8. The van der Waals surface area contributed by atoms with Crippen LogP contribution in [-0.2, 0) is 0 Å². The standard InChI is InChI=1S/C7H20N4.C6H15N.C3H10N2/c1-10-4-7-11(5-2-8)6-3-9;1-4-5(2)6(3)7;4-2-1-3-5/h10H,2-9H2,1H3;5-6H,4,7H2,1-3H3;1-5H2. The Kier molecular flexibility index (Phi) is 28.7. The SMILES string of the molecule is CCC(C)C(C)N.CNCCN(CCN)CCN.NCCCN. The smallest absolute Gasteiger partial charge is 0.0108 e. The van der Waals surface area contributed by atoms with Gasteiger partial charge in [-0.3, -0.25) is 4.90 Å². The number of nitrogens with two attached hydrogens (primary N) is 5. The molecule has 0 aromatic rings. The summed E-state index contributed by atoms with van der Waals surface area (Å²) < 4.78 is 0. The lowest BCUT2D eigenvalue weighted by Gasteiger charge is -2.19. The van der Waals surface area contributed by atoms with Crippen molar-refractivity contribution < 1.29 is 0 Å². The van der Waals surface area contributed by atoms with Crippen LogP contribution in [0.3, 0.4) is 0 Å². The predicted molar refractivity (Wildman–Crippen MR) is 104 cm³/mol. The van der Waals surface area contributed by atoms with E-state index >= 15 is 0 Å². The van der Waals surface area contributed by atoms with E-state index < -0.39 is 0 Å². The third-order valence-electron chi connectivity index (χ3n) is 3.52. The van der Waals surface area contributed by atoms with Gasteiger partial charge in [-0.1, -0.05) is 20.3 Å². The number of nitrogens with one attached hydrogen (secondary N) is 1. The molecule has 0 aliphatic rings. The van der Waals surface area contributed by atoms with Crippen molar-refractivity contribution in [3.05, 3.63) is 0 Å². The largest absolute Gasteiger partial charge is 0.330 e. The van der Waals surface area contributed by atoms with Crippen molar-refractivity contribution >= 4 is 0 Å². The topological polar surface area (TPSA) is 145 Å². The molecule has 0 saturated carbocycles. The van der Waals surface area contributed by atoms with E-state index in [1.807, 2.05) is 14.0 Å². The summed E-state index contributed by atoms with van der Waals surface area (Å²) in [5.41, 5.74) is 26.5. The van der Waals surface area contributed by atoms with E-state index in [9.17, 15) is 0 Å². The molecule has 7 nitrogen and oxygen atoms in total. The maximum atomic E-state index is 5.55. The quantitative estimate of drug-likeness (QED) is 0.287. The Morgan fingerprint density at radius 2 is 1.35 bits per heavy atom. The second-order valence-electron chi connectivity index (χ2n) is 5.70. The third-order valence-corrected chi connectivity index (χ3v) is 3.52. The van der Waals surface area contributed by atoms with Crippen LogP contribution >= 0.6 is 0 Å². The fraction of sp³-hybridized carbons (Fsp3) is 1.00. The summed E-state index contributed by atoms with van der Waals surface area (Å²) >= 11 is 0. The summed E-state index contributed by atoms with van der Waals surface area (Å²) in [4.78, 5) is 2.26. The van der Waals surface area contributed by atoms with Gasteiger partial charge >= 0.3 is 0 Å². The van der Waals surface area contributed by atoms with Gasteiger partial charge in [0.05, 0.1) is 0 Å². The van der Waals surface area contributed by atoms with Crippen molar-refractivity contribution in [3.8, 4) is 0 Å². The van der Waals surface area contributed by atoms with Crippen LogP contribution in [0.5, 0.6) is 0 Å². The van der Waals surface area contributed by atoms with Crippen LogP contribution in [0.4, 0.5) is 0 Å². The molecular weight excluding hydrogens is 290 g/mol. The molecule has 0 spiro atoms. The molecule has 11 N–H and O–H groups in total. The van der Waals surface area contributed by atoms with Crippen LogP contribution in [0.25, 0.3) is 0 Å². The molecule has 0 heterocycles. The maximum absolute atomic E-state index is 5.55. The molecule has 0 saturated heterocycles. The van der Waals surface area contributed by atoms with Gasteiger partial charge in [0.25, 0.3) is 0 Å². The average molecular weight is 336 g/mol. The van der Waals surface area contributed by atoms with Gasteiger partial charge in [-0.05, 0) is 39.4 Å². The molecule has 2 unspecified atom stereocenters. The second kappa shape index (κ2) is 24.0. The first-order valence-electron chi connectivity index (χ1n) is 8.87. The number of likely N-dealkylation sites (N-methyl/N-ethyl adjacent to an activating group) is 1. The van der Waals surface area contributed by atoms with E-state index in [2.05, 4.69) is 24.1 Å². The van der Waals surface area contributed by atoms with Crippen molar-refractivity contribution in [3.63, 3.8) is 0 Å². The minimum Gasteiger partial charge on any atom is -0.330 e. The highest BCUT2D eigenvalue weighted by atomic mass is 15.1. The highest BCUT2D eigenvalue weighted by Crippen LogP contribution is 2.02. The zero-order chi connectivity index (χ0) is 18.5. The first-order valence-corrected chi connectivity index (χ1v) is 8.87. The summed E-state index contributed by atoms with van der Waals surface area (Å²) in [6, 6.07) is 0.366. The molecule has 144 valence electrons. The Labute approximate surface area is 144 Å². The van der Waals surface area contributed by atoms with Crippen LogP contribution in [0.1, 0.15) is 33.6 Å². The van der Waals surface area contributed by atoms with E-state index in [0.717, 1.165) is 45.7 Å². The molecule has 0 radical (unpaired) electrons. The summed E-state index contributed by atoms with van der Waals surface area (Å²) in [6.07, 6.45) is 2.14. The molecule has 0 rings (SSSR count). The van der Waals surface area contributed by atoms with Crippen molar-refractivity contribution in [2.24, 2.45) is 34.6 Å². The van der Waals surface area contributed by atoms with Crippen LogP contribution < -0.4 is 34.0 Å². The fourth-order valence-corrected chi connectivity index (χ4v) is 1.46. The lowest BCUT2D eigenvalue weighted by molar-refractivity contribution is 0.290. The zero-order valence-electron chi connectivity index (χ0n) is 16.1. The third kappa shape index (κ3) is 26.9. The second-order valence-corrected chi connectivity index (χ2v) is 5.70. The lowest BCUT2D eigenvalue weighted by Crippen LogP contribution is -2.37. The van der Waals surface area contributed by atoms with Crippen LogP contribution in [0.15, 0.2) is 0 Å². The van der Waals surface area contributed by atoms with Crippen molar-refractivity contribution in [2.75, 3.05) is 59.4 Å². The van der Waals surface area contributed by atoms with Crippen molar-refractivity contribution in [1.82, 2.24) is 10.2 Å². The van der Waals surface area contributed by atoms with E-state index in [-0.39, 0.29) is 0 Å². The van der Waals surface area contributed by atoms with Crippen LogP contribution in [-0.4, -0.2) is 70.3 Å². The highest BCUT2D eigenvalue weighted by molar-refractivity contribution is 4.60. The molecule has 0 aliphatic carbocycles. The number of rotatable bonds is 11. The van der Waals surface area contributed by atoms with E-state index in [1.54, 1.807) is 0 Å². The van der Waals surface area contributed by atoms with Gasteiger partial charge in [-0.2, -0.15) is 0 Å². The van der Waals surface area contributed by atoms with Gasteiger partial charge in [0.15, 0.2) is 0 Å². The van der Waals surface area contributed by atoms with Gasteiger partial charge in [-0.25, -0.2) is 0 Å². The van der Waals surface area contributed by atoms with Crippen LogP contribution in [0, 0.1) is 5.92 Å². The molecule has 0 aliphatic heterocycles. The average Bonchev–Trinajstić information content (AvgIpc) is 2.54. The summed E-state index contributed by atoms with van der Waals surface area (Å²) in [7, 11) is 1.95. The first kappa shape index (κ1) is 27.6. The minimum absolute atomic E-state index is 0.366. The Morgan fingerprint density at radius 3 is 1.52 bits per heavy atom. The molecule has 23 heavy (non-hydrogen) atoms. The number of hydrogen-bond donors (Lipinski definition) is 6.